The second-order valence-corrected chi connectivity index (χ2v) is 7.48. The molecule has 3 aromatic rings. The first-order valence-electron chi connectivity index (χ1n) is 9.45. The highest BCUT2D eigenvalue weighted by Gasteiger charge is 2.21. The lowest BCUT2D eigenvalue weighted by molar-refractivity contribution is -0.133. The number of piperazine rings is 1. The van der Waals surface area contributed by atoms with Gasteiger partial charge in [-0.2, -0.15) is 5.10 Å². The number of hydrogen-bond donors (Lipinski definition) is 0. The molecule has 1 aliphatic heterocycles. The van der Waals surface area contributed by atoms with Crippen LogP contribution < -0.4 is 0 Å². The standard InChI is InChI=1S/C21H22ClFN4O/c22-19-2-1-3-20-18(19)14-24-27(20)9-8-21(28)26-12-10-25(11-13-26)15-16-4-6-17(23)7-5-16/h1-7,14H,8-13,15H2. The number of carbonyl (C=O) groups is 1. The predicted octanol–water partition coefficient (Wildman–Crippen LogP) is 3.56. The number of nitrogens with zero attached hydrogens (tertiary/aromatic N) is 4. The van der Waals surface area contributed by atoms with Gasteiger partial charge >= 0.3 is 0 Å². The molecular weight excluding hydrogens is 379 g/mol. The highest BCUT2D eigenvalue weighted by molar-refractivity contribution is 6.35. The Morgan fingerprint density at radius 1 is 1.07 bits per heavy atom. The summed E-state index contributed by atoms with van der Waals surface area (Å²) in [6.07, 6.45) is 2.16. The van der Waals surface area contributed by atoms with E-state index in [9.17, 15) is 9.18 Å². The van der Waals surface area contributed by atoms with Crippen LogP contribution in [0.2, 0.25) is 5.02 Å². The Kier molecular flexibility index (Phi) is 5.59. The number of fused-ring (bicyclic) bond motifs is 1. The lowest BCUT2D eigenvalue weighted by Gasteiger charge is -2.34. The molecule has 28 heavy (non-hydrogen) atoms. The SMILES string of the molecule is O=C(CCn1ncc2c(Cl)cccc21)N1CCN(Cc2ccc(F)cc2)CC1. The van der Waals surface area contributed by atoms with Crippen LogP contribution in [0.5, 0.6) is 0 Å². The van der Waals surface area contributed by atoms with Crippen LogP contribution in [0.1, 0.15) is 12.0 Å². The Balaban J connectivity index is 1.28. The molecule has 2 aromatic carbocycles. The minimum Gasteiger partial charge on any atom is -0.340 e. The largest absolute Gasteiger partial charge is 0.340 e. The van der Waals surface area contributed by atoms with Gasteiger partial charge in [0.2, 0.25) is 5.91 Å². The lowest BCUT2D eigenvalue weighted by Crippen LogP contribution is -2.48. The summed E-state index contributed by atoms with van der Waals surface area (Å²) in [5.41, 5.74) is 2.04. The lowest BCUT2D eigenvalue weighted by atomic mass is 10.2. The average molecular weight is 401 g/mol. The number of rotatable bonds is 5. The number of aryl methyl sites for hydroxylation is 1. The third kappa shape index (κ3) is 4.18. The molecule has 0 unspecified atom stereocenters. The second kappa shape index (κ2) is 8.29. The van der Waals surface area contributed by atoms with E-state index in [-0.39, 0.29) is 11.7 Å². The van der Waals surface area contributed by atoms with Crippen LogP contribution in [0, 0.1) is 5.82 Å². The zero-order valence-corrected chi connectivity index (χ0v) is 16.3. The van der Waals surface area contributed by atoms with Gasteiger partial charge in [0.15, 0.2) is 0 Å². The third-order valence-corrected chi connectivity index (χ3v) is 5.55. The number of carbonyl (C=O) groups excluding carboxylic acids is 1. The molecule has 2 heterocycles. The second-order valence-electron chi connectivity index (χ2n) is 7.07. The van der Waals surface area contributed by atoms with E-state index >= 15 is 0 Å². The zero-order chi connectivity index (χ0) is 19.5. The molecule has 0 bridgehead atoms. The summed E-state index contributed by atoms with van der Waals surface area (Å²) in [5.74, 6) is -0.0708. The minimum absolute atomic E-state index is 0.145. The Hall–Kier alpha value is -2.44. The fourth-order valence-electron chi connectivity index (χ4n) is 3.61. The quantitative estimate of drug-likeness (QED) is 0.657. The molecule has 1 aromatic heterocycles. The van der Waals surface area contributed by atoms with E-state index in [1.54, 1.807) is 6.20 Å². The van der Waals surface area contributed by atoms with E-state index in [1.807, 2.05) is 39.9 Å². The molecule has 4 rings (SSSR count). The molecule has 0 atom stereocenters. The first-order chi connectivity index (χ1) is 13.6. The van der Waals surface area contributed by atoms with Crippen LogP contribution in [-0.4, -0.2) is 51.7 Å². The van der Waals surface area contributed by atoms with Gasteiger partial charge < -0.3 is 4.90 Å². The fourth-order valence-corrected chi connectivity index (χ4v) is 3.83. The fraction of sp³-hybridized carbons (Fsp3) is 0.333. The van der Waals surface area contributed by atoms with Crippen molar-refractivity contribution in [3.63, 3.8) is 0 Å². The number of halogens is 2. The van der Waals surface area contributed by atoms with Gasteiger partial charge in [0.25, 0.3) is 0 Å². The van der Waals surface area contributed by atoms with Crippen molar-refractivity contribution in [1.82, 2.24) is 19.6 Å². The summed E-state index contributed by atoms with van der Waals surface area (Å²) in [5, 5.41) is 5.95. The predicted molar refractivity (Wildman–Crippen MR) is 108 cm³/mol. The molecule has 0 spiro atoms. The van der Waals surface area contributed by atoms with Gasteiger partial charge in [0.1, 0.15) is 5.82 Å². The van der Waals surface area contributed by atoms with Crippen LogP contribution in [0.15, 0.2) is 48.7 Å². The van der Waals surface area contributed by atoms with Gasteiger partial charge in [-0.1, -0.05) is 29.8 Å². The van der Waals surface area contributed by atoms with Crippen LogP contribution in [0.25, 0.3) is 10.9 Å². The van der Waals surface area contributed by atoms with Crippen LogP contribution in [-0.2, 0) is 17.9 Å². The van der Waals surface area contributed by atoms with Gasteiger partial charge in [0, 0.05) is 44.5 Å². The van der Waals surface area contributed by atoms with E-state index < -0.39 is 0 Å². The normalized spacial score (nSPS) is 15.3. The first kappa shape index (κ1) is 18.9. The number of benzene rings is 2. The molecule has 146 valence electrons. The molecule has 1 saturated heterocycles. The van der Waals surface area contributed by atoms with Gasteiger partial charge in [0.05, 0.1) is 23.3 Å². The maximum Gasteiger partial charge on any atom is 0.224 e. The highest BCUT2D eigenvalue weighted by Crippen LogP contribution is 2.23. The summed E-state index contributed by atoms with van der Waals surface area (Å²) < 4.78 is 14.9. The third-order valence-electron chi connectivity index (χ3n) is 5.22. The maximum atomic E-state index is 13.0. The molecule has 1 fully saturated rings. The van der Waals surface area contributed by atoms with Gasteiger partial charge in [-0.25, -0.2) is 4.39 Å². The van der Waals surface area contributed by atoms with Crippen molar-refractivity contribution in [2.24, 2.45) is 0 Å². The van der Waals surface area contributed by atoms with Crippen molar-refractivity contribution in [3.8, 4) is 0 Å². The number of aromatic nitrogens is 2. The first-order valence-corrected chi connectivity index (χ1v) is 9.82. The van der Waals surface area contributed by atoms with Crippen LogP contribution in [0.3, 0.4) is 0 Å². The van der Waals surface area contributed by atoms with Crippen molar-refractivity contribution in [2.45, 2.75) is 19.5 Å². The van der Waals surface area contributed by atoms with E-state index in [2.05, 4.69) is 10.00 Å². The Labute approximate surface area is 168 Å². The molecule has 7 heteroatoms. The van der Waals surface area contributed by atoms with Crippen molar-refractivity contribution in [3.05, 3.63) is 65.1 Å². The van der Waals surface area contributed by atoms with Crippen molar-refractivity contribution in [2.75, 3.05) is 26.2 Å². The monoisotopic (exact) mass is 400 g/mol. The van der Waals surface area contributed by atoms with E-state index in [4.69, 9.17) is 11.6 Å². The van der Waals surface area contributed by atoms with E-state index in [1.165, 1.54) is 12.1 Å². The van der Waals surface area contributed by atoms with Crippen LogP contribution in [0.4, 0.5) is 4.39 Å². The average Bonchev–Trinajstić information content (AvgIpc) is 3.13. The Morgan fingerprint density at radius 3 is 2.57 bits per heavy atom. The smallest absolute Gasteiger partial charge is 0.224 e. The topological polar surface area (TPSA) is 41.4 Å². The summed E-state index contributed by atoms with van der Waals surface area (Å²) >= 11 is 6.18. The summed E-state index contributed by atoms with van der Waals surface area (Å²) in [7, 11) is 0. The summed E-state index contributed by atoms with van der Waals surface area (Å²) in [6.45, 7) is 4.39. The van der Waals surface area contributed by atoms with Crippen molar-refractivity contribution < 1.29 is 9.18 Å². The highest BCUT2D eigenvalue weighted by atomic mass is 35.5. The maximum absolute atomic E-state index is 13.0. The van der Waals surface area contributed by atoms with Gasteiger partial charge in [-0.05, 0) is 29.8 Å². The minimum atomic E-state index is -0.216. The molecule has 0 aliphatic carbocycles. The Bertz CT molecular complexity index is 964. The molecule has 5 nitrogen and oxygen atoms in total. The zero-order valence-electron chi connectivity index (χ0n) is 15.5. The number of hydrogen-bond acceptors (Lipinski definition) is 3. The molecule has 1 aliphatic rings. The van der Waals surface area contributed by atoms with Gasteiger partial charge in [-0.3, -0.25) is 14.4 Å². The molecule has 0 N–H and O–H groups in total. The molecule has 1 amide bonds. The van der Waals surface area contributed by atoms with E-state index in [0.717, 1.165) is 36.1 Å². The molecular formula is C21H22ClFN4O. The van der Waals surface area contributed by atoms with Crippen LogP contribution >= 0.6 is 11.6 Å². The summed E-state index contributed by atoms with van der Waals surface area (Å²) in [4.78, 5) is 16.8. The van der Waals surface area contributed by atoms with E-state index in [0.29, 0.717) is 31.1 Å². The van der Waals surface area contributed by atoms with Crippen molar-refractivity contribution in [1.29, 1.82) is 0 Å². The number of amides is 1. The Morgan fingerprint density at radius 2 is 1.82 bits per heavy atom. The van der Waals surface area contributed by atoms with Crippen molar-refractivity contribution >= 4 is 28.4 Å². The summed E-state index contributed by atoms with van der Waals surface area (Å²) in [6, 6.07) is 12.3. The van der Waals surface area contributed by atoms with Gasteiger partial charge in [-0.15, -0.1) is 0 Å². The molecule has 0 saturated carbocycles. The molecule has 0 radical (unpaired) electrons.